The molecular formula is C24H28FN5O2. The number of carbonyl (C=O) groups is 1. The summed E-state index contributed by atoms with van der Waals surface area (Å²) in [6.07, 6.45) is 5.02. The molecule has 1 aliphatic carbocycles. The standard InChI is InChI=1S/C24H24FN5O2.2H2/c25-20-10-5-16(21-11-12-22-23(27-21)29-30-28-22)13-19(20)24(31)26-17-6-8-18(9-7-17)32-14-15-3-1-2-4-15;;/h5-13,15,28,30H,1-4,14H2,(H,26,31)(H,27,29);2*1H. The minimum atomic E-state index is -0.592. The largest absolute Gasteiger partial charge is 0.493 e. The third-order valence-electron chi connectivity index (χ3n) is 5.85. The number of fused-ring (bicyclic) bond motifs is 1. The van der Waals surface area contributed by atoms with Crippen molar-refractivity contribution in [1.82, 2.24) is 10.5 Å². The number of benzene rings is 2. The van der Waals surface area contributed by atoms with E-state index >= 15 is 0 Å². The Kier molecular flexibility index (Phi) is 5.60. The minimum Gasteiger partial charge on any atom is -0.493 e. The second kappa shape index (κ2) is 8.84. The summed E-state index contributed by atoms with van der Waals surface area (Å²) in [7, 11) is 0. The van der Waals surface area contributed by atoms with Crippen molar-refractivity contribution in [2.75, 3.05) is 22.8 Å². The molecule has 1 saturated carbocycles. The number of pyridine rings is 1. The molecule has 5 rings (SSSR count). The van der Waals surface area contributed by atoms with Gasteiger partial charge in [-0.15, -0.1) is 5.53 Å². The van der Waals surface area contributed by atoms with Gasteiger partial charge >= 0.3 is 0 Å². The fourth-order valence-electron chi connectivity index (χ4n) is 4.06. The molecule has 2 aromatic carbocycles. The molecule has 8 heteroatoms. The SMILES string of the molecule is O=C(Nc1ccc(OCC2CCCC2)cc1)c1cc(-c2ccc3c(n2)NNN3)ccc1F.[HH].[HH]. The highest BCUT2D eigenvalue weighted by molar-refractivity contribution is 6.05. The van der Waals surface area contributed by atoms with Crippen LogP contribution in [0.3, 0.4) is 0 Å². The Balaban J connectivity index is 0.00000162. The number of carbonyl (C=O) groups excluding carboxylic acids is 1. The van der Waals surface area contributed by atoms with Crippen LogP contribution in [0.15, 0.2) is 54.6 Å². The lowest BCUT2D eigenvalue weighted by Crippen LogP contribution is -2.19. The van der Waals surface area contributed by atoms with Gasteiger partial charge in [0.2, 0.25) is 0 Å². The summed E-state index contributed by atoms with van der Waals surface area (Å²) in [4.78, 5) is 17.2. The van der Waals surface area contributed by atoms with Gasteiger partial charge in [-0.3, -0.25) is 10.2 Å². The number of nitrogens with one attached hydrogen (secondary N) is 4. The first kappa shape index (κ1) is 20.3. The predicted molar refractivity (Wildman–Crippen MR) is 126 cm³/mol. The van der Waals surface area contributed by atoms with Crippen molar-refractivity contribution in [3.05, 3.63) is 66.0 Å². The quantitative estimate of drug-likeness (QED) is 0.410. The van der Waals surface area contributed by atoms with Crippen LogP contribution in [0.2, 0.25) is 0 Å². The number of aromatic nitrogens is 1. The van der Waals surface area contributed by atoms with E-state index in [1.165, 1.54) is 37.8 Å². The van der Waals surface area contributed by atoms with E-state index in [4.69, 9.17) is 4.74 Å². The minimum absolute atomic E-state index is 0. The number of hydrogen-bond donors (Lipinski definition) is 4. The highest BCUT2D eigenvalue weighted by atomic mass is 19.1. The molecule has 0 unspecified atom stereocenters. The number of nitrogens with zero attached hydrogens (tertiary/aromatic N) is 1. The van der Waals surface area contributed by atoms with Crippen LogP contribution >= 0.6 is 0 Å². The fourth-order valence-corrected chi connectivity index (χ4v) is 4.06. The van der Waals surface area contributed by atoms with Gasteiger partial charge in [0.15, 0.2) is 5.82 Å². The van der Waals surface area contributed by atoms with Crippen LogP contribution < -0.4 is 26.4 Å². The zero-order valence-corrected chi connectivity index (χ0v) is 17.5. The third-order valence-corrected chi connectivity index (χ3v) is 5.85. The van der Waals surface area contributed by atoms with Crippen molar-refractivity contribution in [2.45, 2.75) is 25.7 Å². The van der Waals surface area contributed by atoms with Gasteiger partial charge in [0, 0.05) is 14.1 Å². The van der Waals surface area contributed by atoms with Gasteiger partial charge in [0.05, 0.1) is 23.6 Å². The number of amides is 1. The topological polar surface area (TPSA) is 87.3 Å². The number of ether oxygens (including phenoxy) is 1. The summed E-state index contributed by atoms with van der Waals surface area (Å²) in [5, 5.41) is 2.76. The fraction of sp³-hybridized carbons (Fsp3) is 0.250. The number of halogens is 1. The molecule has 1 aromatic heterocycles. The molecule has 0 bridgehead atoms. The van der Waals surface area contributed by atoms with Gasteiger partial charge in [0.25, 0.3) is 5.91 Å². The maximum Gasteiger partial charge on any atom is 0.258 e. The number of hydrazine groups is 2. The molecule has 3 aromatic rings. The van der Waals surface area contributed by atoms with Crippen LogP contribution in [-0.4, -0.2) is 17.5 Å². The van der Waals surface area contributed by atoms with E-state index < -0.39 is 11.7 Å². The molecule has 168 valence electrons. The third kappa shape index (κ3) is 4.36. The van der Waals surface area contributed by atoms with Crippen LogP contribution in [-0.2, 0) is 0 Å². The first-order valence-corrected chi connectivity index (χ1v) is 10.8. The zero-order valence-electron chi connectivity index (χ0n) is 17.5. The maximum absolute atomic E-state index is 14.4. The zero-order chi connectivity index (χ0) is 21.9. The number of anilines is 3. The average molecular weight is 438 g/mol. The summed E-state index contributed by atoms with van der Waals surface area (Å²) in [5.74, 6) is 0.918. The molecule has 0 saturated heterocycles. The van der Waals surface area contributed by atoms with Crippen LogP contribution in [0.5, 0.6) is 5.75 Å². The Morgan fingerprint density at radius 2 is 1.91 bits per heavy atom. The van der Waals surface area contributed by atoms with E-state index in [-0.39, 0.29) is 8.42 Å². The van der Waals surface area contributed by atoms with Crippen molar-refractivity contribution < 1.29 is 16.8 Å². The molecule has 4 N–H and O–H groups in total. The number of rotatable bonds is 6. The molecule has 2 heterocycles. The van der Waals surface area contributed by atoms with E-state index in [1.807, 2.05) is 18.2 Å². The Morgan fingerprint density at radius 3 is 2.72 bits per heavy atom. The molecule has 7 nitrogen and oxygen atoms in total. The van der Waals surface area contributed by atoms with Crippen molar-refractivity contribution in [2.24, 2.45) is 5.92 Å². The highest BCUT2D eigenvalue weighted by Gasteiger charge is 2.17. The normalized spacial score (nSPS) is 15.0. The van der Waals surface area contributed by atoms with Crippen molar-refractivity contribution in [3.63, 3.8) is 0 Å². The maximum atomic E-state index is 14.4. The van der Waals surface area contributed by atoms with Gasteiger partial charge in [-0.2, -0.15) is 0 Å². The molecule has 0 radical (unpaired) electrons. The van der Waals surface area contributed by atoms with Gasteiger partial charge in [-0.25, -0.2) is 9.37 Å². The monoisotopic (exact) mass is 437 g/mol. The molecule has 0 spiro atoms. The smallest absolute Gasteiger partial charge is 0.258 e. The molecule has 1 amide bonds. The lowest BCUT2D eigenvalue weighted by molar-refractivity contribution is 0.102. The van der Waals surface area contributed by atoms with Crippen LogP contribution in [0.1, 0.15) is 38.9 Å². The number of hydrogen-bond acceptors (Lipinski definition) is 6. The first-order chi connectivity index (χ1) is 15.7. The van der Waals surface area contributed by atoms with Crippen LogP contribution in [0, 0.1) is 11.7 Å². The summed E-state index contributed by atoms with van der Waals surface area (Å²) in [6.45, 7) is 0.724. The van der Waals surface area contributed by atoms with Crippen molar-refractivity contribution in [3.8, 4) is 17.0 Å². The lowest BCUT2D eigenvalue weighted by atomic mass is 10.1. The average Bonchev–Trinajstić information content (AvgIpc) is 3.50. The van der Waals surface area contributed by atoms with Gasteiger partial charge in [0.1, 0.15) is 11.6 Å². The van der Waals surface area contributed by atoms with Crippen LogP contribution in [0.4, 0.5) is 21.6 Å². The molecule has 1 aliphatic heterocycles. The lowest BCUT2D eigenvalue weighted by Gasteiger charge is -2.12. The highest BCUT2D eigenvalue weighted by Crippen LogP contribution is 2.29. The summed E-state index contributed by atoms with van der Waals surface area (Å²) in [5.41, 5.74) is 11.2. The van der Waals surface area contributed by atoms with Crippen molar-refractivity contribution in [1.29, 1.82) is 0 Å². The summed E-state index contributed by atoms with van der Waals surface area (Å²) < 4.78 is 20.3. The van der Waals surface area contributed by atoms with E-state index in [0.29, 0.717) is 28.7 Å². The van der Waals surface area contributed by atoms with E-state index in [1.54, 1.807) is 24.3 Å². The van der Waals surface area contributed by atoms with E-state index in [9.17, 15) is 9.18 Å². The molecule has 2 aliphatic rings. The Labute approximate surface area is 188 Å². The summed E-state index contributed by atoms with van der Waals surface area (Å²) >= 11 is 0. The summed E-state index contributed by atoms with van der Waals surface area (Å²) in [6, 6.07) is 15.2. The van der Waals surface area contributed by atoms with Crippen LogP contribution in [0.25, 0.3) is 11.3 Å². The Bertz CT molecular complexity index is 1140. The van der Waals surface area contributed by atoms with Gasteiger partial charge in [-0.1, -0.05) is 12.8 Å². The van der Waals surface area contributed by atoms with Gasteiger partial charge < -0.3 is 15.5 Å². The predicted octanol–water partition coefficient (Wildman–Crippen LogP) is 5.46. The molecule has 1 fully saturated rings. The first-order valence-electron chi connectivity index (χ1n) is 10.8. The molecule has 0 atom stereocenters. The van der Waals surface area contributed by atoms with Gasteiger partial charge in [-0.05, 0) is 73.4 Å². The Morgan fingerprint density at radius 1 is 1.09 bits per heavy atom. The Hall–Kier alpha value is -3.65. The molecular weight excluding hydrogens is 409 g/mol. The van der Waals surface area contributed by atoms with E-state index in [0.717, 1.165) is 18.0 Å². The van der Waals surface area contributed by atoms with Crippen molar-refractivity contribution >= 4 is 23.1 Å². The van der Waals surface area contributed by atoms with E-state index in [2.05, 4.69) is 26.7 Å². The second-order valence-corrected chi connectivity index (χ2v) is 8.10. The molecule has 32 heavy (non-hydrogen) atoms. The second-order valence-electron chi connectivity index (χ2n) is 8.10.